The van der Waals surface area contributed by atoms with E-state index in [-0.39, 0.29) is 49.5 Å². The molecule has 0 saturated carbocycles. The molecule has 3 aliphatic rings. The highest BCUT2D eigenvalue weighted by Gasteiger charge is 2.39. The SMILES string of the molecule is O=C1CCC(N2Cc3ccc(C(=O)NCc4ccc(N5CCNCC5)c(F)c4)cc3C2=O)C(=O)N1. The number of benzene rings is 2. The number of imide groups is 1. The van der Waals surface area contributed by atoms with Crippen LogP contribution in [0.5, 0.6) is 0 Å². The molecule has 0 bridgehead atoms. The Kier molecular flexibility index (Phi) is 6.21. The van der Waals surface area contributed by atoms with Crippen molar-refractivity contribution in [2.45, 2.75) is 32.0 Å². The summed E-state index contributed by atoms with van der Waals surface area (Å²) in [6.45, 7) is 3.50. The molecule has 2 saturated heterocycles. The number of hydrogen-bond donors (Lipinski definition) is 3. The molecule has 182 valence electrons. The minimum Gasteiger partial charge on any atom is -0.367 e. The van der Waals surface area contributed by atoms with E-state index in [2.05, 4.69) is 16.0 Å². The molecule has 1 atom stereocenters. The van der Waals surface area contributed by atoms with Gasteiger partial charge in [-0.3, -0.25) is 24.5 Å². The molecule has 3 heterocycles. The van der Waals surface area contributed by atoms with Gasteiger partial charge in [-0.05, 0) is 41.8 Å². The van der Waals surface area contributed by atoms with Crippen LogP contribution in [-0.4, -0.2) is 60.7 Å². The first-order chi connectivity index (χ1) is 16.9. The maximum atomic E-state index is 14.7. The quantitative estimate of drug-likeness (QED) is 0.551. The lowest BCUT2D eigenvalue weighted by atomic mass is 10.0. The van der Waals surface area contributed by atoms with Gasteiger partial charge in [-0.2, -0.15) is 0 Å². The number of halogens is 1. The van der Waals surface area contributed by atoms with Gasteiger partial charge in [0.25, 0.3) is 11.8 Å². The van der Waals surface area contributed by atoms with E-state index in [0.29, 0.717) is 22.4 Å². The summed E-state index contributed by atoms with van der Waals surface area (Å²) in [5.41, 5.74) is 2.59. The molecule has 0 radical (unpaired) electrons. The van der Waals surface area contributed by atoms with Crippen molar-refractivity contribution in [1.82, 2.24) is 20.9 Å². The first-order valence-electron chi connectivity index (χ1n) is 11.7. The van der Waals surface area contributed by atoms with E-state index in [1.165, 1.54) is 17.0 Å². The molecule has 2 aromatic rings. The number of piperidine rings is 1. The van der Waals surface area contributed by atoms with Gasteiger partial charge in [-0.1, -0.05) is 12.1 Å². The van der Waals surface area contributed by atoms with Crippen LogP contribution in [0.4, 0.5) is 10.1 Å². The van der Waals surface area contributed by atoms with Crippen LogP contribution < -0.4 is 20.9 Å². The van der Waals surface area contributed by atoms with Crippen molar-refractivity contribution in [3.05, 3.63) is 64.5 Å². The minimum atomic E-state index is -0.705. The zero-order valence-corrected chi connectivity index (χ0v) is 19.1. The van der Waals surface area contributed by atoms with Crippen LogP contribution in [0.25, 0.3) is 0 Å². The van der Waals surface area contributed by atoms with Crippen LogP contribution in [0.1, 0.15) is 44.7 Å². The van der Waals surface area contributed by atoms with E-state index in [0.717, 1.165) is 31.7 Å². The number of nitrogens with zero attached hydrogens (tertiary/aromatic N) is 2. The summed E-state index contributed by atoms with van der Waals surface area (Å²) in [6.07, 6.45) is 0.461. The first kappa shape index (κ1) is 23.0. The lowest BCUT2D eigenvalue weighted by molar-refractivity contribution is -0.136. The fourth-order valence-corrected chi connectivity index (χ4v) is 4.80. The number of amides is 4. The highest BCUT2D eigenvalue weighted by atomic mass is 19.1. The van der Waals surface area contributed by atoms with Gasteiger partial charge in [-0.15, -0.1) is 0 Å². The molecule has 3 N–H and O–H groups in total. The minimum absolute atomic E-state index is 0.144. The first-order valence-corrected chi connectivity index (χ1v) is 11.7. The number of rotatable bonds is 5. The molecule has 0 aromatic heterocycles. The van der Waals surface area contributed by atoms with E-state index in [1.54, 1.807) is 24.3 Å². The predicted octanol–water partition coefficient (Wildman–Crippen LogP) is 0.926. The largest absolute Gasteiger partial charge is 0.367 e. The molecule has 9 nitrogen and oxygen atoms in total. The summed E-state index contributed by atoms with van der Waals surface area (Å²) in [6, 6.07) is 9.11. The number of piperazine rings is 1. The van der Waals surface area contributed by atoms with Gasteiger partial charge in [0.05, 0.1) is 5.69 Å². The van der Waals surface area contributed by atoms with Crippen LogP contribution in [0.2, 0.25) is 0 Å². The summed E-state index contributed by atoms with van der Waals surface area (Å²) in [7, 11) is 0. The number of carbonyl (C=O) groups excluding carboxylic acids is 4. The summed E-state index contributed by atoms with van der Waals surface area (Å²) in [5, 5.41) is 8.29. The molecular weight excluding hydrogens is 453 g/mol. The molecule has 0 spiro atoms. The number of fused-ring (bicyclic) bond motifs is 1. The van der Waals surface area contributed by atoms with Crippen molar-refractivity contribution >= 4 is 29.3 Å². The summed E-state index contributed by atoms with van der Waals surface area (Å²) >= 11 is 0. The summed E-state index contributed by atoms with van der Waals surface area (Å²) in [5.74, 6) is -1.86. The van der Waals surface area contributed by atoms with Crippen molar-refractivity contribution in [3.8, 4) is 0 Å². The second kappa shape index (κ2) is 9.46. The lowest BCUT2D eigenvalue weighted by Gasteiger charge is -2.29. The average molecular weight is 480 g/mol. The molecule has 5 rings (SSSR count). The van der Waals surface area contributed by atoms with Gasteiger partial charge in [0.2, 0.25) is 11.8 Å². The highest BCUT2D eigenvalue weighted by molar-refractivity contribution is 6.06. The smallest absolute Gasteiger partial charge is 0.255 e. The lowest BCUT2D eigenvalue weighted by Crippen LogP contribution is -2.52. The zero-order valence-electron chi connectivity index (χ0n) is 19.1. The third-order valence-electron chi connectivity index (χ3n) is 6.71. The van der Waals surface area contributed by atoms with Crippen LogP contribution in [0.15, 0.2) is 36.4 Å². The maximum Gasteiger partial charge on any atom is 0.255 e. The van der Waals surface area contributed by atoms with Gasteiger partial charge in [0.1, 0.15) is 11.9 Å². The molecule has 4 amide bonds. The molecule has 35 heavy (non-hydrogen) atoms. The Morgan fingerprint density at radius 1 is 1.09 bits per heavy atom. The second-order valence-electron chi connectivity index (χ2n) is 8.98. The van der Waals surface area contributed by atoms with Gasteiger partial charge in [0.15, 0.2) is 0 Å². The third kappa shape index (κ3) is 4.61. The Hall–Kier alpha value is -3.79. The second-order valence-corrected chi connectivity index (χ2v) is 8.98. The van der Waals surface area contributed by atoms with Crippen molar-refractivity contribution in [1.29, 1.82) is 0 Å². The van der Waals surface area contributed by atoms with Crippen molar-refractivity contribution in [2.75, 3.05) is 31.1 Å². The molecule has 0 aliphatic carbocycles. The topological polar surface area (TPSA) is 111 Å². The number of hydrogen-bond acceptors (Lipinski definition) is 6. The average Bonchev–Trinajstić information content (AvgIpc) is 3.18. The van der Waals surface area contributed by atoms with Crippen molar-refractivity contribution in [2.24, 2.45) is 0 Å². The molecule has 2 fully saturated rings. The molecule has 2 aromatic carbocycles. The third-order valence-corrected chi connectivity index (χ3v) is 6.71. The van der Waals surface area contributed by atoms with Gasteiger partial charge in [-0.25, -0.2) is 4.39 Å². The van der Waals surface area contributed by atoms with Crippen LogP contribution in [0.3, 0.4) is 0 Å². The molecule has 3 aliphatic heterocycles. The number of carbonyl (C=O) groups is 4. The molecule has 10 heteroatoms. The van der Waals surface area contributed by atoms with Crippen molar-refractivity contribution in [3.63, 3.8) is 0 Å². The van der Waals surface area contributed by atoms with Gasteiger partial charge in [0, 0.05) is 56.8 Å². The molecular formula is C25H26FN5O4. The maximum absolute atomic E-state index is 14.7. The van der Waals surface area contributed by atoms with E-state index < -0.39 is 11.9 Å². The normalized spacial score (nSPS) is 20.0. The van der Waals surface area contributed by atoms with Crippen LogP contribution >= 0.6 is 0 Å². The van der Waals surface area contributed by atoms with Gasteiger partial charge < -0.3 is 20.4 Å². The van der Waals surface area contributed by atoms with E-state index in [4.69, 9.17) is 0 Å². The van der Waals surface area contributed by atoms with Crippen molar-refractivity contribution < 1.29 is 23.6 Å². The Labute approximate surface area is 201 Å². The van der Waals surface area contributed by atoms with Crippen LogP contribution in [-0.2, 0) is 22.7 Å². The standard InChI is InChI=1S/C25H26FN5O4/c26-19-11-15(1-4-20(19)30-9-7-27-8-10-30)13-28-23(33)16-2-3-17-14-31(25(35)18(17)12-16)21-5-6-22(32)29-24(21)34/h1-4,11-12,21,27H,5-10,13-14H2,(H,28,33)(H,29,32,34). The number of anilines is 1. The Bertz CT molecular complexity index is 1210. The zero-order chi connectivity index (χ0) is 24.5. The Morgan fingerprint density at radius 2 is 1.89 bits per heavy atom. The summed E-state index contributed by atoms with van der Waals surface area (Å²) < 4.78 is 14.7. The summed E-state index contributed by atoms with van der Waals surface area (Å²) in [4.78, 5) is 52.8. The monoisotopic (exact) mass is 479 g/mol. The molecule has 1 unspecified atom stereocenters. The predicted molar refractivity (Wildman–Crippen MR) is 125 cm³/mol. The van der Waals surface area contributed by atoms with E-state index in [1.807, 2.05) is 4.90 Å². The van der Waals surface area contributed by atoms with Crippen LogP contribution in [0, 0.1) is 5.82 Å². The fourth-order valence-electron chi connectivity index (χ4n) is 4.80. The van der Waals surface area contributed by atoms with E-state index >= 15 is 0 Å². The number of nitrogens with one attached hydrogen (secondary N) is 3. The Morgan fingerprint density at radius 3 is 2.63 bits per heavy atom. The van der Waals surface area contributed by atoms with E-state index in [9.17, 15) is 23.6 Å². The Balaban J connectivity index is 1.23. The van der Waals surface area contributed by atoms with Gasteiger partial charge >= 0.3 is 0 Å². The highest BCUT2D eigenvalue weighted by Crippen LogP contribution is 2.28. The fraction of sp³-hybridized carbons (Fsp3) is 0.360.